The van der Waals surface area contributed by atoms with E-state index in [2.05, 4.69) is 10.4 Å². The molecule has 2 heterocycles. The van der Waals surface area contributed by atoms with Gasteiger partial charge in [-0.1, -0.05) is 11.6 Å². The number of rotatable bonds is 4. The van der Waals surface area contributed by atoms with Gasteiger partial charge in [0.05, 0.1) is 38.8 Å². The number of hydrogen-bond donors (Lipinski definition) is 1. The average Bonchev–Trinajstić information content (AvgIpc) is 3.34. The summed E-state index contributed by atoms with van der Waals surface area (Å²) < 4.78 is 79.2. The summed E-state index contributed by atoms with van der Waals surface area (Å²) in [5.74, 6) is -1.22. The van der Waals surface area contributed by atoms with E-state index in [-0.39, 0.29) is 39.8 Å². The van der Waals surface area contributed by atoms with E-state index in [4.69, 9.17) is 11.6 Å². The lowest BCUT2D eigenvalue weighted by Crippen LogP contribution is -2.46. The Balaban J connectivity index is 1.65. The fraction of sp³-hybridized carbons (Fsp3) is 0.231. The number of hydrogen-bond acceptors (Lipinski definition) is 4. The van der Waals surface area contributed by atoms with Crippen molar-refractivity contribution in [3.63, 3.8) is 0 Å². The van der Waals surface area contributed by atoms with E-state index in [1.54, 1.807) is 6.92 Å². The first kappa shape index (κ1) is 26.2. The molecule has 1 saturated heterocycles. The third-order valence-electron chi connectivity index (χ3n) is 6.48. The Labute approximate surface area is 220 Å². The van der Waals surface area contributed by atoms with Gasteiger partial charge in [-0.05, 0) is 74.0 Å². The number of alkyl halides is 3. The van der Waals surface area contributed by atoms with Crippen molar-refractivity contribution in [3.05, 3.63) is 82.6 Å². The topological polar surface area (TPSA) is 81.1 Å². The molecule has 0 spiro atoms. The van der Waals surface area contributed by atoms with Crippen LogP contribution in [0.15, 0.2) is 60.7 Å². The number of halogens is 5. The highest BCUT2D eigenvalue weighted by Crippen LogP contribution is 2.39. The maximum Gasteiger partial charge on any atom is 0.416 e. The van der Waals surface area contributed by atoms with Gasteiger partial charge in [0.25, 0.3) is 5.91 Å². The first-order valence-electron chi connectivity index (χ1n) is 11.4. The molecular formula is C26H20ClF4N3O3S. The number of nitrogens with one attached hydrogen (secondary N) is 1. The van der Waals surface area contributed by atoms with Crippen LogP contribution in [-0.2, 0) is 16.0 Å². The molecule has 1 fully saturated rings. The molecule has 0 saturated carbocycles. The fourth-order valence-corrected chi connectivity index (χ4v) is 6.87. The molecule has 38 heavy (non-hydrogen) atoms. The van der Waals surface area contributed by atoms with E-state index < -0.39 is 38.8 Å². The van der Waals surface area contributed by atoms with Crippen molar-refractivity contribution in [2.24, 2.45) is 0 Å². The Kier molecular flexibility index (Phi) is 6.26. The highest BCUT2D eigenvalue weighted by molar-refractivity contribution is 7.91. The van der Waals surface area contributed by atoms with Gasteiger partial charge in [0.2, 0.25) is 0 Å². The molecule has 1 aromatic heterocycles. The quantitative estimate of drug-likeness (QED) is 0.317. The second kappa shape index (κ2) is 9.09. The number of benzene rings is 3. The molecule has 1 aliphatic heterocycles. The van der Waals surface area contributed by atoms with Gasteiger partial charge < -0.3 is 5.32 Å². The normalized spacial score (nSPS) is 19.1. The van der Waals surface area contributed by atoms with E-state index in [0.29, 0.717) is 16.6 Å². The van der Waals surface area contributed by atoms with Gasteiger partial charge in [0.15, 0.2) is 9.84 Å². The van der Waals surface area contributed by atoms with Crippen molar-refractivity contribution in [1.82, 2.24) is 15.1 Å². The summed E-state index contributed by atoms with van der Waals surface area (Å²) in [6, 6.07) is 12.7. The lowest BCUT2D eigenvalue weighted by Gasteiger charge is -2.23. The Morgan fingerprint density at radius 1 is 1.08 bits per heavy atom. The molecule has 5 rings (SSSR count). The predicted octanol–water partition coefficient (Wildman–Crippen LogP) is 5.81. The minimum atomic E-state index is -4.61. The van der Waals surface area contributed by atoms with E-state index in [9.17, 15) is 30.8 Å². The zero-order valence-electron chi connectivity index (χ0n) is 19.8. The summed E-state index contributed by atoms with van der Waals surface area (Å²) in [6.45, 7) is 1.66. The van der Waals surface area contributed by atoms with Crippen LogP contribution in [0.5, 0.6) is 0 Å². The smallest absolute Gasteiger partial charge is 0.346 e. The summed E-state index contributed by atoms with van der Waals surface area (Å²) in [6.07, 6.45) is -4.33. The average molecular weight is 566 g/mol. The predicted molar refractivity (Wildman–Crippen MR) is 136 cm³/mol. The summed E-state index contributed by atoms with van der Waals surface area (Å²) in [5.41, 5.74) is -0.715. The van der Waals surface area contributed by atoms with Crippen molar-refractivity contribution in [1.29, 1.82) is 0 Å². The van der Waals surface area contributed by atoms with Crippen molar-refractivity contribution in [3.8, 4) is 16.9 Å². The van der Waals surface area contributed by atoms with Crippen LogP contribution >= 0.6 is 11.6 Å². The molecule has 3 aromatic carbocycles. The van der Waals surface area contributed by atoms with Crippen LogP contribution in [0.1, 0.15) is 29.3 Å². The lowest BCUT2D eigenvalue weighted by molar-refractivity contribution is -0.137. The monoisotopic (exact) mass is 565 g/mol. The third kappa shape index (κ3) is 5.00. The van der Waals surface area contributed by atoms with Crippen LogP contribution in [0, 0.1) is 5.82 Å². The van der Waals surface area contributed by atoms with Crippen LogP contribution < -0.4 is 5.32 Å². The number of fused-ring (bicyclic) bond motifs is 1. The summed E-state index contributed by atoms with van der Waals surface area (Å²) >= 11 is 6.29. The largest absolute Gasteiger partial charge is 0.416 e. The highest BCUT2D eigenvalue weighted by Gasteiger charge is 2.39. The number of carbonyl (C=O) groups excluding carboxylic acids is 1. The molecule has 0 aliphatic carbocycles. The van der Waals surface area contributed by atoms with E-state index >= 15 is 0 Å². The summed E-state index contributed by atoms with van der Waals surface area (Å²) in [4.78, 5) is 13.1. The number of nitrogens with zero attached hydrogens (tertiary/aromatic N) is 2. The molecule has 1 atom stereocenters. The van der Waals surface area contributed by atoms with Crippen molar-refractivity contribution >= 4 is 38.2 Å². The van der Waals surface area contributed by atoms with Gasteiger partial charge in [0.1, 0.15) is 11.5 Å². The zero-order valence-corrected chi connectivity index (χ0v) is 21.4. The molecule has 12 heteroatoms. The van der Waals surface area contributed by atoms with Crippen molar-refractivity contribution in [2.45, 2.75) is 25.1 Å². The number of sulfone groups is 1. The minimum absolute atomic E-state index is 0.0265. The highest BCUT2D eigenvalue weighted by atomic mass is 35.5. The molecular weight excluding hydrogens is 546 g/mol. The summed E-state index contributed by atoms with van der Waals surface area (Å²) in [5, 5.41) is 7.74. The number of aromatic nitrogens is 2. The Morgan fingerprint density at radius 3 is 2.42 bits per heavy atom. The third-order valence-corrected chi connectivity index (χ3v) is 8.71. The van der Waals surface area contributed by atoms with Gasteiger partial charge in [-0.25, -0.2) is 17.5 Å². The molecule has 0 radical (unpaired) electrons. The second-order valence-electron chi connectivity index (χ2n) is 9.52. The van der Waals surface area contributed by atoms with Crippen LogP contribution in [0.4, 0.5) is 17.6 Å². The van der Waals surface area contributed by atoms with Crippen LogP contribution in [0.25, 0.3) is 27.8 Å². The van der Waals surface area contributed by atoms with E-state index in [0.717, 1.165) is 18.2 Å². The zero-order chi connectivity index (χ0) is 27.5. The van der Waals surface area contributed by atoms with Gasteiger partial charge in [-0.3, -0.25) is 4.79 Å². The first-order valence-corrected chi connectivity index (χ1v) is 13.6. The Hall–Kier alpha value is -3.44. The van der Waals surface area contributed by atoms with Gasteiger partial charge in [-0.15, -0.1) is 0 Å². The fourth-order valence-electron chi connectivity index (χ4n) is 4.57. The van der Waals surface area contributed by atoms with Gasteiger partial charge in [-0.2, -0.15) is 18.3 Å². The standard InChI is InChI=1S/C26H20ClF4N3O3S/c1-25(10-11-38(36,37)14-25)32-24(35)15-2-8-19-22(12-15)34(18-6-4-17(28)5-7-18)33-23(19)20-13-16(26(29,30)31)3-9-21(20)27/h2-9,12-13H,10-11,14H2,1H3,(H,32,35)/t25-/m1/s1. The van der Waals surface area contributed by atoms with Crippen LogP contribution in [0.2, 0.25) is 5.02 Å². The molecule has 0 bridgehead atoms. The van der Waals surface area contributed by atoms with Crippen molar-refractivity contribution < 1.29 is 30.8 Å². The number of amides is 1. The van der Waals surface area contributed by atoms with E-state index in [1.165, 1.54) is 47.1 Å². The maximum atomic E-state index is 13.6. The van der Waals surface area contributed by atoms with Gasteiger partial charge >= 0.3 is 6.18 Å². The molecule has 6 nitrogen and oxygen atoms in total. The van der Waals surface area contributed by atoms with Crippen LogP contribution in [0.3, 0.4) is 0 Å². The van der Waals surface area contributed by atoms with Crippen molar-refractivity contribution in [2.75, 3.05) is 11.5 Å². The van der Waals surface area contributed by atoms with E-state index in [1.807, 2.05) is 0 Å². The number of carbonyl (C=O) groups is 1. The Morgan fingerprint density at radius 2 is 1.79 bits per heavy atom. The lowest BCUT2D eigenvalue weighted by atomic mass is 10.0. The SMILES string of the molecule is C[C@@]1(NC(=O)c2ccc3c(-c4cc(C(F)(F)F)ccc4Cl)nn(-c4ccc(F)cc4)c3c2)CCS(=O)(=O)C1. The maximum absolute atomic E-state index is 13.6. The molecule has 1 aliphatic rings. The molecule has 4 aromatic rings. The van der Waals surface area contributed by atoms with Gasteiger partial charge in [0, 0.05) is 16.5 Å². The molecule has 198 valence electrons. The molecule has 1 amide bonds. The first-order chi connectivity index (χ1) is 17.7. The summed E-state index contributed by atoms with van der Waals surface area (Å²) in [7, 11) is -3.26. The minimum Gasteiger partial charge on any atom is -0.346 e. The molecule has 0 unspecified atom stereocenters. The molecule has 1 N–H and O–H groups in total. The second-order valence-corrected chi connectivity index (χ2v) is 12.1. The van der Waals surface area contributed by atoms with Crippen LogP contribution in [-0.4, -0.2) is 41.2 Å². The Bertz CT molecular complexity index is 1680.